The highest BCUT2D eigenvalue weighted by Gasteiger charge is 2.14. The minimum atomic E-state index is -0.235. The van der Waals surface area contributed by atoms with Crippen LogP contribution in [-0.2, 0) is 0 Å². The number of nitrogen functional groups attached to an aromatic ring is 1. The van der Waals surface area contributed by atoms with E-state index in [4.69, 9.17) is 5.73 Å². The normalized spacial score (nSPS) is 10.6. The zero-order valence-corrected chi connectivity index (χ0v) is 11.2. The summed E-state index contributed by atoms with van der Waals surface area (Å²) in [4.78, 5) is 20.1. The van der Waals surface area contributed by atoms with Gasteiger partial charge in [-0.15, -0.1) is 0 Å². The average Bonchev–Trinajstić information content (AvgIpc) is 2.29. The van der Waals surface area contributed by atoms with Gasteiger partial charge in [0.05, 0.1) is 11.9 Å². The highest BCUT2D eigenvalue weighted by Crippen LogP contribution is 2.13. The number of nitrogens with two attached hydrogens (primary N) is 1. The molecule has 0 saturated carbocycles. The summed E-state index contributed by atoms with van der Waals surface area (Å²) >= 11 is 1.67. The van der Waals surface area contributed by atoms with Crippen molar-refractivity contribution in [3.63, 3.8) is 0 Å². The zero-order chi connectivity index (χ0) is 12.8. The Kier molecular flexibility index (Phi) is 5.21. The summed E-state index contributed by atoms with van der Waals surface area (Å²) in [5.74, 6) is 1.44. The molecule has 3 N–H and O–H groups in total. The van der Waals surface area contributed by atoms with Crippen LogP contribution in [0.4, 0.5) is 5.69 Å². The Labute approximate surface area is 106 Å². The molecule has 94 valence electrons. The molecule has 0 bridgehead atoms. The molecule has 0 atom stereocenters. The molecule has 6 heteroatoms. The second kappa shape index (κ2) is 6.44. The van der Waals surface area contributed by atoms with Gasteiger partial charge in [0.15, 0.2) is 5.69 Å². The molecule has 1 rings (SSSR count). The molecule has 17 heavy (non-hydrogen) atoms. The maximum Gasteiger partial charge on any atom is 0.272 e. The van der Waals surface area contributed by atoms with Crippen LogP contribution in [0.2, 0.25) is 0 Å². The summed E-state index contributed by atoms with van der Waals surface area (Å²) in [6.45, 7) is 4.56. The molecule has 0 aliphatic rings. The van der Waals surface area contributed by atoms with Crippen LogP contribution in [0.25, 0.3) is 0 Å². The Balaban J connectivity index is 2.81. The van der Waals surface area contributed by atoms with E-state index in [1.165, 1.54) is 6.20 Å². The van der Waals surface area contributed by atoms with Gasteiger partial charge >= 0.3 is 0 Å². The smallest absolute Gasteiger partial charge is 0.272 e. The first-order valence-corrected chi connectivity index (χ1v) is 6.85. The molecule has 0 aliphatic heterocycles. The Hall–Kier alpha value is -1.30. The van der Waals surface area contributed by atoms with Gasteiger partial charge in [0.25, 0.3) is 5.91 Å². The number of rotatable bonds is 5. The monoisotopic (exact) mass is 254 g/mol. The molecule has 1 amide bonds. The van der Waals surface area contributed by atoms with Gasteiger partial charge in [0, 0.05) is 18.2 Å². The predicted molar refractivity (Wildman–Crippen MR) is 71.2 cm³/mol. The van der Waals surface area contributed by atoms with Gasteiger partial charge in [-0.1, -0.05) is 13.8 Å². The van der Waals surface area contributed by atoms with Gasteiger partial charge in [-0.05, 0) is 6.26 Å². The van der Waals surface area contributed by atoms with Crippen LogP contribution in [0, 0.1) is 0 Å². The number of carbonyl (C=O) groups excluding carboxylic acids is 1. The summed E-state index contributed by atoms with van der Waals surface area (Å²) in [7, 11) is 0. The zero-order valence-electron chi connectivity index (χ0n) is 10.4. The predicted octanol–water partition coefficient (Wildman–Crippen LogP) is 1.28. The van der Waals surface area contributed by atoms with Gasteiger partial charge in [-0.2, -0.15) is 11.8 Å². The lowest BCUT2D eigenvalue weighted by atomic mass is 10.2. The quantitative estimate of drug-likeness (QED) is 0.773. The van der Waals surface area contributed by atoms with E-state index >= 15 is 0 Å². The van der Waals surface area contributed by atoms with E-state index in [0.717, 1.165) is 5.75 Å². The maximum atomic E-state index is 11.8. The number of anilines is 1. The summed E-state index contributed by atoms with van der Waals surface area (Å²) < 4.78 is 0. The fourth-order valence-corrected chi connectivity index (χ4v) is 1.52. The molecule has 1 aromatic rings. The maximum absolute atomic E-state index is 11.8. The van der Waals surface area contributed by atoms with E-state index in [-0.39, 0.29) is 17.5 Å². The van der Waals surface area contributed by atoms with Gasteiger partial charge in [-0.25, -0.2) is 9.97 Å². The molecule has 0 spiro atoms. The molecule has 0 fully saturated rings. The molecule has 1 aromatic heterocycles. The second-order valence-corrected chi connectivity index (χ2v) is 4.92. The first kappa shape index (κ1) is 13.8. The van der Waals surface area contributed by atoms with Crippen LogP contribution in [0.15, 0.2) is 6.20 Å². The fourth-order valence-electron chi connectivity index (χ4n) is 1.22. The van der Waals surface area contributed by atoms with Crippen LogP contribution in [0.3, 0.4) is 0 Å². The van der Waals surface area contributed by atoms with E-state index in [0.29, 0.717) is 18.1 Å². The number of aromatic nitrogens is 2. The lowest BCUT2D eigenvalue weighted by Gasteiger charge is -2.09. The third-order valence-corrected chi connectivity index (χ3v) is 2.77. The van der Waals surface area contributed by atoms with E-state index in [1.54, 1.807) is 11.8 Å². The van der Waals surface area contributed by atoms with Crippen molar-refractivity contribution in [2.75, 3.05) is 24.3 Å². The third kappa shape index (κ3) is 3.89. The molecule has 0 aromatic carbocycles. The van der Waals surface area contributed by atoms with Crippen molar-refractivity contribution in [1.29, 1.82) is 0 Å². The second-order valence-electron chi connectivity index (χ2n) is 3.94. The highest BCUT2D eigenvalue weighted by molar-refractivity contribution is 7.98. The van der Waals surface area contributed by atoms with E-state index in [1.807, 2.05) is 20.1 Å². The number of nitrogens with one attached hydrogen (secondary N) is 1. The first-order valence-electron chi connectivity index (χ1n) is 5.45. The Morgan fingerprint density at radius 2 is 2.29 bits per heavy atom. The van der Waals surface area contributed by atoms with Gasteiger partial charge in [0.1, 0.15) is 5.82 Å². The van der Waals surface area contributed by atoms with Crippen molar-refractivity contribution >= 4 is 23.4 Å². The standard InChI is InChI=1S/C11H18N4OS/c1-7(2)10-14-6-8(12)9(15-10)11(16)13-4-5-17-3/h6-7H,4-5,12H2,1-3H3,(H,13,16). The van der Waals surface area contributed by atoms with Crippen LogP contribution >= 0.6 is 11.8 Å². The SMILES string of the molecule is CSCCNC(=O)c1nc(C(C)C)ncc1N. The summed E-state index contributed by atoms with van der Waals surface area (Å²) in [5.41, 5.74) is 6.29. The minimum Gasteiger partial charge on any atom is -0.396 e. The topological polar surface area (TPSA) is 80.9 Å². The average molecular weight is 254 g/mol. The summed E-state index contributed by atoms with van der Waals surface area (Å²) in [6.07, 6.45) is 3.48. The van der Waals surface area contributed by atoms with Crippen LogP contribution < -0.4 is 11.1 Å². The molecule has 0 aliphatic carbocycles. The number of thioether (sulfide) groups is 1. The van der Waals surface area contributed by atoms with Crippen LogP contribution in [-0.4, -0.2) is 34.4 Å². The van der Waals surface area contributed by atoms with Gasteiger partial charge in [0.2, 0.25) is 0 Å². The molecule has 0 unspecified atom stereocenters. The minimum absolute atomic E-state index is 0.174. The fraction of sp³-hybridized carbons (Fsp3) is 0.545. The van der Waals surface area contributed by atoms with E-state index < -0.39 is 0 Å². The molecule has 1 heterocycles. The van der Waals surface area contributed by atoms with E-state index in [9.17, 15) is 4.79 Å². The third-order valence-electron chi connectivity index (χ3n) is 2.16. The number of nitrogens with zero attached hydrogens (tertiary/aromatic N) is 2. The Morgan fingerprint density at radius 1 is 1.59 bits per heavy atom. The van der Waals surface area contributed by atoms with Crippen molar-refractivity contribution in [3.8, 4) is 0 Å². The van der Waals surface area contributed by atoms with Crippen LogP contribution in [0.5, 0.6) is 0 Å². The Morgan fingerprint density at radius 3 is 2.88 bits per heavy atom. The molecule has 5 nitrogen and oxygen atoms in total. The van der Waals surface area contributed by atoms with Gasteiger partial charge in [-0.3, -0.25) is 4.79 Å². The molecule has 0 radical (unpaired) electrons. The van der Waals surface area contributed by atoms with Crippen molar-refractivity contribution in [2.24, 2.45) is 0 Å². The van der Waals surface area contributed by atoms with E-state index in [2.05, 4.69) is 15.3 Å². The number of amides is 1. The lowest BCUT2D eigenvalue weighted by Crippen LogP contribution is -2.28. The Bertz CT molecular complexity index is 395. The van der Waals surface area contributed by atoms with Gasteiger partial charge < -0.3 is 11.1 Å². The lowest BCUT2D eigenvalue weighted by molar-refractivity contribution is 0.0951. The first-order chi connectivity index (χ1) is 8.06. The van der Waals surface area contributed by atoms with Crippen molar-refractivity contribution < 1.29 is 4.79 Å². The van der Waals surface area contributed by atoms with Crippen molar-refractivity contribution in [1.82, 2.24) is 15.3 Å². The van der Waals surface area contributed by atoms with Crippen molar-refractivity contribution in [2.45, 2.75) is 19.8 Å². The summed E-state index contributed by atoms with van der Waals surface area (Å²) in [5, 5.41) is 2.78. The summed E-state index contributed by atoms with van der Waals surface area (Å²) in [6, 6.07) is 0. The van der Waals surface area contributed by atoms with Crippen molar-refractivity contribution in [3.05, 3.63) is 17.7 Å². The molecular weight excluding hydrogens is 236 g/mol. The molecular formula is C11H18N4OS. The highest BCUT2D eigenvalue weighted by atomic mass is 32.2. The number of carbonyl (C=O) groups is 1. The largest absolute Gasteiger partial charge is 0.396 e. The molecule has 0 saturated heterocycles. The number of hydrogen-bond acceptors (Lipinski definition) is 5. The van der Waals surface area contributed by atoms with Crippen LogP contribution in [0.1, 0.15) is 36.1 Å². The number of hydrogen-bond donors (Lipinski definition) is 2.